The molecule has 4 rings (SSSR count). The first-order valence-electron chi connectivity index (χ1n) is 10.9. The van der Waals surface area contributed by atoms with E-state index in [1.807, 2.05) is 84.9 Å². The van der Waals surface area contributed by atoms with Crippen LogP contribution in [0.5, 0.6) is 11.5 Å². The van der Waals surface area contributed by atoms with Crippen molar-refractivity contribution >= 4 is 34.0 Å². The first-order valence-corrected chi connectivity index (χ1v) is 11.3. The van der Waals surface area contributed by atoms with Crippen LogP contribution >= 0.6 is 11.6 Å². The zero-order valence-electron chi connectivity index (χ0n) is 18.9. The van der Waals surface area contributed by atoms with Gasteiger partial charge in [-0.05, 0) is 70.3 Å². The topological polar surface area (TPSA) is 42.2 Å². The van der Waals surface area contributed by atoms with E-state index in [-0.39, 0.29) is 0 Å². The lowest BCUT2D eigenvalue weighted by molar-refractivity contribution is 0.282. The van der Waals surface area contributed by atoms with Crippen molar-refractivity contribution in [3.63, 3.8) is 0 Å². The van der Waals surface area contributed by atoms with Crippen molar-refractivity contribution in [2.24, 2.45) is 0 Å². The summed E-state index contributed by atoms with van der Waals surface area (Å²) in [4.78, 5) is 0. The number of nitriles is 1. The Balaban J connectivity index is 1.69. The predicted octanol–water partition coefficient (Wildman–Crippen LogP) is 7.87. The second kappa shape index (κ2) is 10.7. The summed E-state index contributed by atoms with van der Waals surface area (Å²) >= 11 is 5.99. The molecule has 0 aromatic heterocycles. The van der Waals surface area contributed by atoms with Crippen molar-refractivity contribution < 1.29 is 9.47 Å². The van der Waals surface area contributed by atoms with Crippen LogP contribution in [-0.4, -0.2) is 7.11 Å². The van der Waals surface area contributed by atoms with Crippen LogP contribution < -0.4 is 9.47 Å². The highest BCUT2D eigenvalue weighted by atomic mass is 35.5. The maximum absolute atomic E-state index is 9.90. The summed E-state index contributed by atoms with van der Waals surface area (Å²) < 4.78 is 11.8. The van der Waals surface area contributed by atoms with Gasteiger partial charge in [0.25, 0.3) is 0 Å². The highest BCUT2D eigenvalue weighted by molar-refractivity contribution is 6.30. The van der Waals surface area contributed by atoms with Gasteiger partial charge in [-0.2, -0.15) is 5.26 Å². The quantitative estimate of drug-likeness (QED) is 0.151. The normalized spacial score (nSPS) is 11.1. The van der Waals surface area contributed by atoms with Crippen molar-refractivity contribution in [2.75, 3.05) is 7.11 Å². The summed E-state index contributed by atoms with van der Waals surface area (Å²) in [5.74, 6) is 1.27. The summed E-state index contributed by atoms with van der Waals surface area (Å²) in [7, 11) is 1.62. The minimum atomic E-state index is 0.382. The molecule has 0 unspecified atom stereocenters. The third kappa shape index (κ3) is 5.31. The van der Waals surface area contributed by atoms with Gasteiger partial charge in [-0.25, -0.2) is 0 Å². The molecule has 4 heteroatoms. The van der Waals surface area contributed by atoms with Crippen molar-refractivity contribution in [3.05, 3.63) is 119 Å². The van der Waals surface area contributed by atoms with Crippen LogP contribution in [0.1, 0.15) is 22.3 Å². The number of hydrogen-bond acceptors (Lipinski definition) is 3. The number of methoxy groups -OCH3 is 1. The average molecular weight is 466 g/mol. The second-order valence-corrected chi connectivity index (χ2v) is 8.29. The summed E-state index contributed by atoms with van der Waals surface area (Å²) in [6.07, 6.45) is 4.31. The predicted molar refractivity (Wildman–Crippen MR) is 140 cm³/mol. The van der Waals surface area contributed by atoms with Crippen LogP contribution in [0.15, 0.2) is 91.5 Å². The molecule has 4 aromatic carbocycles. The number of rotatable bonds is 8. The molecule has 0 saturated carbocycles. The molecule has 4 aromatic rings. The Morgan fingerprint density at radius 2 is 1.76 bits per heavy atom. The van der Waals surface area contributed by atoms with E-state index in [4.69, 9.17) is 21.1 Å². The van der Waals surface area contributed by atoms with Crippen LogP contribution in [0.25, 0.3) is 22.4 Å². The van der Waals surface area contributed by atoms with Crippen LogP contribution in [0.4, 0.5) is 0 Å². The number of benzene rings is 4. The third-order valence-electron chi connectivity index (χ3n) is 5.53. The van der Waals surface area contributed by atoms with Gasteiger partial charge < -0.3 is 9.47 Å². The number of ether oxygens (including phenoxy) is 2. The summed E-state index contributed by atoms with van der Waals surface area (Å²) in [5.41, 5.74) is 4.24. The molecule has 0 saturated heterocycles. The first kappa shape index (κ1) is 23.2. The molecule has 0 aliphatic rings. The number of halogens is 1. The largest absolute Gasteiger partial charge is 0.493 e. The molecule has 168 valence electrons. The van der Waals surface area contributed by atoms with Crippen LogP contribution in [0.2, 0.25) is 5.02 Å². The molecule has 0 aliphatic carbocycles. The molecule has 0 bridgehead atoms. The standard InChI is InChI=1S/C30H24ClNO2/c1-3-6-26-15-22(16-27(19-32)25-12-11-23-7-4-5-8-24(23)18-25)17-29(33-2)30(26)34-20-21-9-13-28(31)14-10-21/h3-5,7-18H,1,6,20H2,2H3/b27-16-. The Kier molecular flexibility index (Phi) is 7.32. The van der Waals surface area contributed by atoms with Gasteiger partial charge in [-0.1, -0.05) is 66.2 Å². The van der Waals surface area contributed by atoms with Gasteiger partial charge in [-0.15, -0.1) is 6.58 Å². The van der Waals surface area contributed by atoms with E-state index in [0.717, 1.165) is 33.0 Å². The van der Waals surface area contributed by atoms with E-state index in [2.05, 4.69) is 18.7 Å². The molecule has 0 atom stereocenters. The Morgan fingerprint density at radius 3 is 2.47 bits per heavy atom. The molecular weight excluding hydrogens is 442 g/mol. The minimum absolute atomic E-state index is 0.382. The molecule has 0 heterocycles. The van der Waals surface area contributed by atoms with Crippen molar-refractivity contribution in [2.45, 2.75) is 13.0 Å². The lowest BCUT2D eigenvalue weighted by Crippen LogP contribution is -2.02. The number of hydrogen-bond donors (Lipinski definition) is 0. The Hall–Kier alpha value is -4.00. The van der Waals surface area contributed by atoms with Gasteiger partial charge in [0.2, 0.25) is 0 Å². The molecular formula is C30H24ClNO2. The van der Waals surface area contributed by atoms with Gasteiger partial charge in [0.1, 0.15) is 6.61 Å². The van der Waals surface area contributed by atoms with Crippen molar-refractivity contribution in [1.82, 2.24) is 0 Å². The fourth-order valence-electron chi connectivity index (χ4n) is 3.83. The number of nitrogens with zero attached hydrogens (tertiary/aromatic N) is 1. The molecule has 0 spiro atoms. The molecule has 0 fully saturated rings. The number of allylic oxidation sites excluding steroid dienone is 2. The minimum Gasteiger partial charge on any atom is -0.493 e. The smallest absolute Gasteiger partial charge is 0.165 e. The van der Waals surface area contributed by atoms with Gasteiger partial charge in [0, 0.05) is 10.6 Å². The maximum Gasteiger partial charge on any atom is 0.165 e. The van der Waals surface area contributed by atoms with E-state index >= 15 is 0 Å². The Bertz CT molecular complexity index is 1400. The van der Waals surface area contributed by atoms with E-state index in [9.17, 15) is 5.26 Å². The zero-order chi connectivity index (χ0) is 23.9. The summed E-state index contributed by atoms with van der Waals surface area (Å²) in [5, 5.41) is 12.8. The summed E-state index contributed by atoms with van der Waals surface area (Å²) in [6, 6.07) is 28.0. The molecule has 34 heavy (non-hydrogen) atoms. The van der Waals surface area contributed by atoms with Gasteiger partial charge >= 0.3 is 0 Å². The first-order chi connectivity index (χ1) is 16.6. The average Bonchev–Trinajstić information content (AvgIpc) is 2.87. The molecule has 0 N–H and O–H groups in total. The van der Waals surface area contributed by atoms with Crippen LogP contribution in [-0.2, 0) is 13.0 Å². The van der Waals surface area contributed by atoms with E-state index in [0.29, 0.717) is 35.1 Å². The lowest BCUT2D eigenvalue weighted by Gasteiger charge is -2.16. The maximum atomic E-state index is 9.90. The number of fused-ring (bicyclic) bond motifs is 1. The van der Waals surface area contributed by atoms with Gasteiger partial charge in [0.15, 0.2) is 11.5 Å². The summed E-state index contributed by atoms with van der Waals surface area (Å²) in [6.45, 7) is 4.27. The van der Waals surface area contributed by atoms with Gasteiger partial charge in [-0.3, -0.25) is 0 Å². The third-order valence-corrected chi connectivity index (χ3v) is 5.78. The molecule has 0 amide bonds. The van der Waals surface area contributed by atoms with Crippen molar-refractivity contribution in [1.29, 1.82) is 5.26 Å². The van der Waals surface area contributed by atoms with Crippen LogP contribution in [0, 0.1) is 11.3 Å². The van der Waals surface area contributed by atoms with E-state index < -0.39 is 0 Å². The fourth-order valence-corrected chi connectivity index (χ4v) is 3.96. The van der Waals surface area contributed by atoms with Gasteiger partial charge in [0.05, 0.1) is 18.8 Å². The fraction of sp³-hybridized carbons (Fsp3) is 0.100. The second-order valence-electron chi connectivity index (χ2n) is 7.85. The molecule has 3 nitrogen and oxygen atoms in total. The van der Waals surface area contributed by atoms with Crippen molar-refractivity contribution in [3.8, 4) is 17.6 Å². The van der Waals surface area contributed by atoms with E-state index in [1.165, 1.54) is 0 Å². The Labute approximate surface area is 205 Å². The van der Waals surface area contributed by atoms with Crippen LogP contribution in [0.3, 0.4) is 0 Å². The highest BCUT2D eigenvalue weighted by Gasteiger charge is 2.14. The molecule has 0 radical (unpaired) electrons. The molecule has 0 aliphatic heterocycles. The zero-order valence-corrected chi connectivity index (χ0v) is 19.7. The Morgan fingerprint density at radius 1 is 1.00 bits per heavy atom. The highest BCUT2D eigenvalue weighted by Crippen LogP contribution is 2.35. The van der Waals surface area contributed by atoms with E-state index in [1.54, 1.807) is 7.11 Å². The lowest BCUT2D eigenvalue weighted by atomic mass is 9.98. The monoisotopic (exact) mass is 465 g/mol. The SMILES string of the molecule is C=CCc1cc(/C=C(/C#N)c2ccc3ccccc3c2)cc(OC)c1OCc1ccc(Cl)cc1.